The van der Waals surface area contributed by atoms with Crippen LogP contribution in [-0.4, -0.2) is 17.0 Å². The Labute approximate surface area is 147 Å². The smallest absolute Gasteiger partial charge is 0.133 e. The van der Waals surface area contributed by atoms with Crippen LogP contribution in [0.4, 0.5) is 0 Å². The molecular weight excluding hydrogens is 296 g/mol. The van der Waals surface area contributed by atoms with Gasteiger partial charge in [0.25, 0.3) is 0 Å². The van der Waals surface area contributed by atoms with Gasteiger partial charge >= 0.3 is 0 Å². The lowest BCUT2D eigenvalue weighted by Gasteiger charge is -2.56. The molecule has 0 saturated heterocycles. The average molecular weight is 331 g/mol. The number of ketones is 1. The molecule has 24 heavy (non-hydrogen) atoms. The van der Waals surface area contributed by atoms with Crippen molar-refractivity contribution in [1.82, 2.24) is 0 Å². The van der Waals surface area contributed by atoms with Crippen molar-refractivity contribution in [2.45, 2.75) is 78.7 Å². The molecule has 0 heterocycles. The Morgan fingerprint density at radius 2 is 1.96 bits per heavy atom. The van der Waals surface area contributed by atoms with Crippen LogP contribution >= 0.6 is 0 Å². The molecule has 0 aromatic rings. The third-order valence-electron chi connectivity index (χ3n) is 8.78. The molecule has 0 bridgehead atoms. The number of aliphatic hydroxyl groups excluding tert-OH is 1. The molecule has 4 aliphatic rings. The fourth-order valence-corrected chi connectivity index (χ4v) is 7.74. The molecule has 0 amide bonds. The molecule has 0 aliphatic heterocycles. The highest BCUT2D eigenvalue weighted by molar-refractivity contribution is 5.80. The van der Waals surface area contributed by atoms with Gasteiger partial charge in [0, 0.05) is 5.92 Å². The lowest BCUT2D eigenvalue weighted by molar-refractivity contribution is -0.126. The summed E-state index contributed by atoms with van der Waals surface area (Å²) in [5.41, 5.74) is 2.20. The van der Waals surface area contributed by atoms with Crippen LogP contribution < -0.4 is 0 Å². The van der Waals surface area contributed by atoms with E-state index < -0.39 is 0 Å². The Kier molecular flexibility index (Phi) is 3.81. The highest BCUT2D eigenvalue weighted by Gasteiger charge is 2.59. The highest BCUT2D eigenvalue weighted by Crippen LogP contribution is 2.66. The summed E-state index contributed by atoms with van der Waals surface area (Å²) in [6.45, 7) is 9.00. The van der Waals surface area contributed by atoms with Gasteiger partial charge in [-0.25, -0.2) is 0 Å². The van der Waals surface area contributed by atoms with E-state index in [1.165, 1.54) is 19.3 Å². The zero-order valence-corrected chi connectivity index (χ0v) is 15.8. The Bertz CT molecular complexity index is 579. The zero-order valence-electron chi connectivity index (χ0n) is 15.8. The first-order chi connectivity index (χ1) is 11.3. The Morgan fingerprint density at radius 3 is 2.67 bits per heavy atom. The fraction of sp³-hybridized carbons (Fsp3) is 0.864. The molecule has 0 radical (unpaired) electrons. The first kappa shape index (κ1) is 16.8. The molecule has 3 fully saturated rings. The summed E-state index contributed by atoms with van der Waals surface area (Å²) in [5.74, 6) is 3.22. The number of allylic oxidation sites excluding steroid dienone is 2. The highest BCUT2D eigenvalue weighted by atomic mass is 16.3. The number of carbonyl (C=O) groups is 1. The maximum Gasteiger partial charge on any atom is 0.133 e. The lowest BCUT2D eigenvalue weighted by atomic mass is 9.48. The van der Waals surface area contributed by atoms with Gasteiger partial charge in [-0.15, -0.1) is 0 Å². The van der Waals surface area contributed by atoms with Gasteiger partial charge < -0.3 is 5.11 Å². The van der Waals surface area contributed by atoms with E-state index in [1.54, 1.807) is 5.57 Å². The van der Waals surface area contributed by atoms with Crippen molar-refractivity contribution in [1.29, 1.82) is 0 Å². The summed E-state index contributed by atoms with van der Waals surface area (Å²) < 4.78 is 0. The Morgan fingerprint density at radius 1 is 1.21 bits per heavy atom. The lowest BCUT2D eigenvalue weighted by Crippen LogP contribution is -2.49. The van der Waals surface area contributed by atoms with Crippen LogP contribution in [0, 0.1) is 40.4 Å². The second-order valence-corrected chi connectivity index (χ2v) is 10.0. The van der Waals surface area contributed by atoms with Crippen molar-refractivity contribution in [2.24, 2.45) is 40.4 Å². The number of carbonyl (C=O) groups excluding carboxylic acids is 1. The second kappa shape index (κ2) is 5.43. The average Bonchev–Trinajstić information content (AvgIpc) is 2.78. The van der Waals surface area contributed by atoms with Crippen molar-refractivity contribution in [2.75, 3.05) is 0 Å². The van der Waals surface area contributed by atoms with Crippen molar-refractivity contribution in [3.05, 3.63) is 11.6 Å². The second-order valence-electron chi connectivity index (χ2n) is 10.0. The number of aliphatic hydroxyl groups is 1. The molecule has 4 unspecified atom stereocenters. The predicted octanol–water partition coefficient (Wildman–Crippen LogP) is 4.76. The van der Waals surface area contributed by atoms with Crippen LogP contribution in [-0.2, 0) is 4.79 Å². The number of Topliss-reactive ketones (excluding diaryl/α,β-unsaturated/α-hetero) is 1. The molecule has 134 valence electrons. The van der Waals surface area contributed by atoms with Crippen LogP contribution in [0.15, 0.2) is 11.6 Å². The zero-order chi connectivity index (χ0) is 17.3. The van der Waals surface area contributed by atoms with Gasteiger partial charge in [-0.2, -0.15) is 0 Å². The maximum atomic E-state index is 12.4. The summed E-state index contributed by atoms with van der Waals surface area (Å²) in [6.07, 6.45) is 10.4. The standard InChI is InChI=1S/C22H34O2/c1-13-11-19-17-6-5-15-12-16(24)7-9-21(15,3)18(17)8-10-22(19,4)20(13)14(2)23/h8,13,15-17,19-20,24H,5-7,9-12H2,1-4H3/t13-,15?,16?,17?,19?,20+,21-,22-/m0/s1. The molecule has 4 rings (SSSR count). The van der Waals surface area contributed by atoms with Crippen LogP contribution in [0.2, 0.25) is 0 Å². The first-order valence-corrected chi connectivity index (χ1v) is 10.2. The molecule has 0 spiro atoms. The number of hydrogen-bond acceptors (Lipinski definition) is 2. The van der Waals surface area contributed by atoms with Crippen LogP contribution in [0.5, 0.6) is 0 Å². The Hall–Kier alpha value is -0.630. The molecule has 2 nitrogen and oxygen atoms in total. The predicted molar refractivity (Wildman–Crippen MR) is 96.4 cm³/mol. The van der Waals surface area contributed by atoms with Crippen LogP contribution in [0.1, 0.15) is 72.6 Å². The summed E-state index contributed by atoms with van der Waals surface area (Å²) in [4.78, 5) is 12.4. The number of rotatable bonds is 1. The number of hydrogen-bond donors (Lipinski definition) is 1. The van der Waals surface area contributed by atoms with Crippen LogP contribution in [0.25, 0.3) is 0 Å². The molecule has 3 saturated carbocycles. The van der Waals surface area contributed by atoms with Crippen LogP contribution in [0.3, 0.4) is 0 Å². The van der Waals surface area contributed by atoms with Gasteiger partial charge in [-0.3, -0.25) is 4.79 Å². The van der Waals surface area contributed by atoms with E-state index in [9.17, 15) is 9.90 Å². The fourth-order valence-electron chi connectivity index (χ4n) is 7.74. The van der Waals surface area contributed by atoms with Gasteiger partial charge in [-0.1, -0.05) is 32.4 Å². The van der Waals surface area contributed by atoms with E-state index in [1.807, 2.05) is 6.92 Å². The van der Waals surface area contributed by atoms with E-state index in [0.29, 0.717) is 34.9 Å². The van der Waals surface area contributed by atoms with Crippen molar-refractivity contribution < 1.29 is 9.90 Å². The normalized spacial score (nSPS) is 53.6. The van der Waals surface area contributed by atoms with Crippen molar-refractivity contribution >= 4 is 5.78 Å². The molecule has 0 aromatic carbocycles. The molecule has 8 atom stereocenters. The van der Waals surface area contributed by atoms with E-state index >= 15 is 0 Å². The van der Waals surface area contributed by atoms with Gasteiger partial charge in [0.15, 0.2) is 0 Å². The third kappa shape index (κ3) is 2.14. The monoisotopic (exact) mass is 330 g/mol. The topological polar surface area (TPSA) is 37.3 Å². The maximum absolute atomic E-state index is 12.4. The molecule has 2 heteroatoms. The van der Waals surface area contributed by atoms with Gasteiger partial charge in [0.05, 0.1) is 6.10 Å². The molecule has 0 aromatic heterocycles. The SMILES string of the molecule is CC(=O)[C@H]1[C@@H](C)CC2C3CCC4CC(O)CC[C@]4(C)C3=CC[C@@]21C. The summed E-state index contributed by atoms with van der Waals surface area (Å²) in [6, 6.07) is 0. The number of fused-ring (bicyclic) bond motifs is 5. The summed E-state index contributed by atoms with van der Waals surface area (Å²) in [5, 5.41) is 10.1. The van der Waals surface area contributed by atoms with Gasteiger partial charge in [0.1, 0.15) is 5.78 Å². The molecular formula is C22H34O2. The quantitative estimate of drug-likeness (QED) is 0.704. The molecule has 4 aliphatic carbocycles. The minimum absolute atomic E-state index is 0.0809. The van der Waals surface area contributed by atoms with Crippen molar-refractivity contribution in [3.63, 3.8) is 0 Å². The van der Waals surface area contributed by atoms with E-state index in [-0.39, 0.29) is 17.4 Å². The minimum atomic E-state index is -0.0809. The summed E-state index contributed by atoms with van der Waals surface area (Å²) in [7, 11) is 0. The molecule has 1 N–H and O–H groups in total. The Balaban J connectivity index is 1.70. The van der Waals surface area contributed by atoms with E-state index in [4.69, 9.17) is 0 Å². The van der Waals surface area contributed by atoms with Gasteiger partial charge in [-0.05, 0) is 86.4 Å². The first-order valence-electron chi connectivity index (χ1n) is 10.2. The van der Waals surface area contributed by atoms with Crippen molar-refractivity contribution in [3.8, 4) is 0 Å². The van der Waals surface area contributed by atoms with E-state index in [0.717, 1.165) is 25.7 Å². The van der Waals surface area contributed by atoms with Gasteiger partial charge in [0.2, 0.25) is 0 Å². The minimum Gasteiger partial charge on any atom is -0.393 e. The third-order valence-corrected chi connectivity index (χ3v) is 8.78. The largest absolute Gasteiger partial charge is 0.393 e. The van der Waals surface area contributed by atoms with E-state index in [2.05, 4.69) is 26.8 Å². The summed E-state index contributed by atoms with van der Waals surface area (Å²) >= 11 is 0.